The number of nitrogens with one attached hydrogen (secondary N) is 1. The monoisotopic (exact) mass is 470 g/mol. The molecule has 0 saturated carbocycles. The van der Waals surface area contributed by atoms with Gasteiger partial charge in [-0.1, -0.05) is 35.5 Å². The summed E-state index contributed by atoms with van der Waals surface area (Å²) in [5.74, 6) is 0.485. The number of hydrogen-bond acceptors (Lipinski definition) is 7. The van der Waals surface area contributed by atoms with Crippen LogP contribution in [0.5, 0.6) is 0 Å². The summed E-state index contributed by atoms with van der Waals surface area (Å²) < 4.78 is 1.92. The molecule has 0 aliphatic carbocycles. The lowest BCUT2D eigenvalue weighted by molar-refractivity contribution is -0.385. The number of aromatic nitrogens is 3. The van der Waals surface area contributed by atoms with E-state index in [-0.39, 0.29) is 17.3 Å². The molecule has 1 amide bonds. The normalized spacial score (nSPS) is 11.3. The van der Waals surface area contributed by atoms with Gasteiger partial charge in [-0.3, -0.25) is 14.9 Å². The molecule has 0 saturated heterocycles. The third-order valence-corrected chi connectivity index (χ3v) is 5.45. The maximum atomic E-state index is 12.1. The zero-order valence-electron chi connectivity index (χ0n) is 17.0. The summed E-state index contributed by atoms with van der Waals surface area (Å²) in [7, 11) is 0. The van der Waals surface area contributed by atoms with E-state index in [1.807, 2.05) is 23.6 Å². The Morgan fingerprint density at radius 3 is 2.72 bits per heavy atom. The number of allylic oxidation sites excluding steroid dienone is 1. The number of rotatable bonds is 9. The molecule has 1 heterocycles. The fourth-order valence-electron chi connectivity index (χ4n) is 2.75. The van der Waals surface area contributed by atoms with E-state index in [0.29, 0.717) is 28.1 Å². The second-order valence-electron chi connectivity index (χ2n) is 6.33. The van der Waals surface area contributed by atoms with Gasteiger partial charge in [-0.25, -0.2) is 5.43 Å². The average Bonchev–Trinajstić information content (AvgIpc) is 3.21. The Balaban J connectivity index is 1.54. The van der Waals surface area contributed by atoms with Crippen LogP contribution in [0.2, 0.25) is 5.02 Å². The summed E-state index contributed by atoms with van der Waals surface area (Å²) in [6.45, 7) is 2.62. The van der Waals surface area contributed by atoms with Crippen LogP contribution in [-0.2, 0) is 11.3 Å². The van der Waals surface area contributed by atoms with Crippen LogP contribution in [0.25, 0.3) is 17.5 Å². The molecule has 1 aromatic heterocycles. The number of hydrazone groups is 1. The predicted molar refractivity (Wildman–Crippen MR) is 126 cm³/mol. The summed E-state index contributed by atoms with van der Waals surface area (Å²) in [6.07, 6.45) is 4.42. The van der Waals surface area contributed by atoms with E-state index in [2.05, 4.69) is 20.7 Å². The molecule has 9 nitrogen and oxygen atoms in total. The van der Waals surface area contributed by atoms with Crippen LogP contribution < -0.4 is 5.43 Å². The minimum Gasteiger partial charge on any atom is -0.302 e. The van der Waals surface area contributed by atoms with Crippen LogP contribution in [-0.4, -0.2) is 37.6 Å². The molecule has 2 aromatic carbocycles. The SMILES string of the molecule is CCn1c(SCC(=O)N/N=C/C=C/c2ccccc2[N+](=O)[O-])nnc1-c1ccc(Cl)cc1. The molecule has 1 N–H and O–H groups in total. The maximum Gasteiger partial charge on any atom is 0.276 e. The molecule has 32 heavy (non-hydrogen) atoms. The lowest BCUT2D eigenvalue weighted by Crippen LogP contribution is -2.19. The van der Waals surface area contributed by atoms with Crippen molar-refractivity contribution < 1.29 is 9.72 Å². The van der Waals surface area contributed by atoms with Gasteiger partial charge >= 0.3 is 0 Å². The van der Waals surface area contributed by atoms with Gasteiger partial charge in [0.2, 0.25) is 0 Å². The molecular weight excluding hydrogens is 452 g/mol. The molecule has 11 heteroatoms. The molecule has 0 unspecified atom stereocenters. The van der Waals surface area contributed by atoms with Crippen LogP contribution in [0.15, 0.2) is 64.9 Å². The van der Waals surface area contributed by atoms with Crippen molar-refractivity contribution in [3.63, 3.8) is 0 Å². The van der Waals surface area contributed by atoms with E-state index in [0.717, 1.165) is 5.56 Å². The van der Waals surface area contributed by atoms with Crippen LogP contribution in [0, 0.1) is 10.1 Å². The highest BCUT2D eigenvalue weighted by atomic mass is 35.5. The van der Waals surface area contributed by atoms with Crippen LogP contribution in [0.4, 0.5) is 5.69 Å². The van der Waals surface area contributed by atoms with Crippen molar-refractivity contribution in [2.45, 2.75) is 18.6 Å². The minimum atomic E-state index is -0.455. The number of thioether (sulfide) groups is 1. The number of para-hydroxylation sites is 1. The van der Waals surface area contributed by atoms with Crippen LogP contribution in [0.1, 0.15) is 12.5 Å². The fourth-order valence-corrected chi connectivity index (χ4v) is 3.67. The lowest BCUT2D eigenvalue weighted by atomic mass is 10.2. The van der Waals surface area contributed by atoms with Crippen molar-refractivity contribution >= 4 is 47.2 Å². The van der Waals surface area contributed by atoms with Crippen molar-refractivity contribution in [1.82, 2.24) is 20.2 Å². The third kappa shape index (κ3) is 6.02. The number of nitro groups is 1. The first kappa shape index (κ1) is 23.2. The Morgan fingerprint density at radius 2 is 2.00 bits per heavy atom. The second kappa shape index (κ2) is 11.2. The van der Waals surface area contributed by atoms with Gasteiger partial charge < -0.3 is 4.57 Å². The standard InChI is InChI=1S/C21H19ClN6O3S/c1-2-27-20(16-9-11-17(22)12-10-16)25-26-21(27)32-14-19(29)24-23-13-5-7-15-6-3-4-8-18(15)28(30)31/h3-13H,2,14H2,1H3,(H,24,29)/b7-5+,23-13+. The van der Waals surface area contributed by atoms with Crippen LogP contribution >= 0.6 is 23.4 Å². The minimum absolute atomic E-state index is 0.00408. The molecule has 0 radical (unpaired) electrons. The Morgan fingerprint density at radius 1 is 1.25 bits per heavy atom. The van der Waals surface area contributed by atoms with E-state index in [4.69, 9.17) is 11.6 Å². The van der Waals surface area contributed by atoms with E-state index in [9.17, 15) is 14.9 Å². The molecule has 0 spiro atoms. The number of nitro benzene ring substituents is 1. The zero-order chi connectivity index (χ0) is 22.9. The first-order valence-electron chi connectivity index (χ1n) is 9.53. The van der Waals surface area contributed by atoms with Crippen LogP contribution in [0.3, 0.4) is 0 Å². The quantitative estimate of drug-likeness (QED) is 0.214. The van der Waals surface area contributed by atoms with Gasteiger partial charge in [-0.2, -0.15) is 5.10 Å². The first-order valence-corrected chi connectivity index (χ1v) is 10.9. The molecule has 0 aliphatic rings. The first-order chi connectivity index (χ1) is 15.5. The molecule has 164 valence electrons. The van der Waals surface area contributed by atoms with E-state index < -0.39 is 4.92 Å². The molecule has 3 rings (SSSR count). The molecular formula is C21H19ClN6O3S. The number of carbonyl (C=O) groups excluding carboxylic acids is 1. The zero-order valence-corrected chi connectivity index (χ0v) is 18.6. The van der Waals surface area contributed by atoms with Gasteiger partial charge in [0.15, 0.2) is 11.0 Å². The summed E-state index contributed by atoms with van der Waals surface area (Å²) in [5, 5.41) is 24.5. The molecule has 0 fully saturated rings. The number of carbonyl (C=O) groups is 1. The number of amides is 1. The molecule has 0 aliphatic heterocycles. The largest absolute Gasteiger partial charge is 0.302 e. The van der Waals surface area contributed by atoms with Gasteiger partial charge in [0, 0.05) is 29.4 Å². The Labute approximate surface area is 193 Å². The number of halogens is 1. The van der Waals surface area contributed by atoms with Crippen molar-refractivity contribution in [2.75, 3.05) is 5.75 Å². The van der Waals surface area contributed by atoms with E-state index in [1.54, 1.807) is 36.4 Å². The Bertz CT molecular complexity index is 1160. The third-order valence-electron chi connectivity index (χ3n) is 4.23. The number of hydrogen-bond donors (Lipinski definition) is 1. The van der Waals surface area contributed by atoms with Gasteiger partial charge in [0.1, 0.15) is 0 Å². The molecule has 0 bridgehead atoms. The van der Waals surface area contributed by atoms with Gasteiger partial charge in [-0.15, -0.1) is 10.2 Å². The topological polar surface area (TPSA) is 115 Å². The van der Waals surface area contributed by atoms with E-state index >= 15 is 0 Å². The Hall–Kier alpha value is -3.50. The predicted octanol–water partition coefficient (Wildman–Crippen LogP) is 4.43. The molecule has 0 atom stereocenters. The van der Waals surface area contributed by atoms with Gasteiger partial charge in [0.05, 0.1) is 16.2 Å². The number of benzene rings is 2. The maximum absolute atomic E-state index is 12.1. The summed E-state index contributed by atoms with van der Waals surface area (Å²) in [4.78, 5) is 22.6. The Kier molecular flexibility index (Phi) is 8.12. The van der Waals surface area contributed by atoms with Crippen molar-refractivity contribution in [1.29, 1.82) is 0 Å². The summed E-state index contributed by atoms with van der Waals surface area (Å²) in [6, 6.07) is 13.7. The number of nitrogens with zero attached hydrogens (tertiary/aromatic N) is 5. The summed E-state index contributed by atoms with van der Waals surface area (Å²) in [5.41, 5.74) is 3.74. The smallest absolute Gasteiger partial charge is 0.276 e. The fraction of sp³-hybridized carbons (Fsp3) is 0.143. The highest BCUT2D eigenvalue weighted by Crippen LogP contribution is 2.25. The van der Waals surface area contributed by atoms with Gasteiger partial charge in [0.25, 0.3) is 11.6 Å². The highest BCUT2D eigenvalue weighted by molar-refractivity contribution is 7.99. The highest BCUT2D eigenvalue weighted by Gasteiger charge is 2.14. The second-order valence-corrected chi connectivity index (χ2v) is 7.71. The van der Waals surface area contributed by atoms with Crippen molar-refractivity contribution in [2.24, 2.45) is 5.10 Å². The molecule has 3 aromatic rings. The average molecular weight is 471 g/mol. The lowest BCUT2D eigenvalue weighted by Gasteiger charge is -2.07. The summed E-state index contributed by atoms with van der Waals surface area (Å²) >= 11 is 7.19. The van der Waals surface area contributed by atoms with Crippen molar-refractivity contribution in [3.05, 3.63) is 75.3 Å². The van der Waals surface area contributed by atoms with E-state index in [1.165, 1.54) is 30.1 Å². The van der Waals surface area contributed by atoms with Gasteiger partial charge in [-0.05, 0) is 49.4 Å². The van der Waals surface area contributed by atoms with Crippen molar-refractivity contribution in [3.8, 4) is 11.4 Å².